The topological polar surface area (TPSA) is 71.3 Å². The second kappa shape index (κ2) is 7.09. The molecule has 0 bridgehead atoms. The van der Waals surface area contributed by atoms with E-state index >= 15 is 0 Å². The number of likely N-dealkylation sites (tertiary alicyclic amines) is 1. The van der Waals surface area contributed by atoms with Crippen LogP contribution >= 0.6 is 0 Å². The lowest BCUT2D eigenvalue weighted by Crippen LogP contribution is -2.28. The van der Waals surface area contributed by atoms with Gasteiger partial charge in [-0.05, 0) is 12.5 Å². The largest absolute Gasteiger partial charge is 0.337 e. The summed E-state index contributed by atoms with van der Waals surface area (Å²) in [5.74, 6) is 0.633. The molecule has 0 unspecified atom stereocenters. The number of carbonyl (C=O) groups excluding carboxylic acids is 1. The van der Waals surface area contributed by atoms with Crippen molar-refractivity contribution in [2.45, 2.75) is 51.9 Å². The molecule has 1 atom stereocenters. The molecule has 1 aromatic carbocycles. The minimum atomic E-state index is -0.316. The molecule has 1 fully saturated rings. The van der Waals surface area contributed by atoms with E-state index in [1.807, 2.05) is 13.8 Å². The van der Waals surface area contributed by atoms with Gasteiger partial charge in [0.2, 0.25) is 11.8 Å². The number of nitrogens with one attached hydrogen (secondary N) is 1. The molecule has 1 aliphatic rings. The number of hydrogen-bond acceptors (Lipinski definition) is 5. The summed E-state index contributed by atoms with van der Waals surface area (Å²) in [4.78, 5) is 18.2. The van der Waals surface area contributed by atoms with Crippen molar-refractivity contribution < 1.29 is 13.7 Å². The number of halogens is 1. The van der Waals surface area contributed by atoms with E-state index in [2.05, 4.69) is 15.5 Å². The van der Waals surface area contributed by atoms with Crippen LogP contribution in [0, 0.1) is 5.82 Å². The Morgan fingerprint density at radius 2 is 2.21 bits per heavy atom. The lowest BCUT2D eigenvalue weighted by atomic mass is 10.1. The third-order valence-corrected chi connectivity index (χ3v) is 4.06. The SMILES string of the molecule is CC(C)NCc1noc([C@@H]2CCC(=O)N2Cc2ccccc2F)n1. The van der Waals surface area contributed by atoms with Crippen molar-refractivity contribution in [3.8, 4) is 0 Å². The maximum absolute atomic E-state index is 13.9. The number of aromatic nitrogens is 2. The highest BCUT2D eigenvalue weighted by Gasteiger charge is 2.36. The lowest BCUT2D eigenvalue weighted by Gasteiger charge is -2.22. The number of nitrogens with zero attached hydrogens (tertiary/aromatic N) is 3. The minimum absolute atomic E-state index is 0.0247. The predicted molar refractivity (Wildman–Crippen MR) is 85.2 cm³/mol. The normalized spacial score (nSPS) is 17.9. The second-order valence-electron chi connectivity index (χ2n) is 6.25. The van der Waals surface area contributed by atoms with Crippen LogP contribution in [0.15, 0.2) is 28.8 Å². The molecular formula is C17H21FN4O2. The highest BCUT2D eigenvalue weighted by Crippen LogP contribution is 2.33. The molecule has 0 aliphatic carbocycles. The van der Waals surface area contributed by atoms with Gasteiger partial charge in [-0.25, -0.2) is 4.39 Å². The molecule has 2 aromatic rings. The Kier molecular flexibility index (Phi) is 4.89. The molecule has 128 valence electrons. The van der Waals surface area contributed by atoms with Crippen LogP contribution in [0.4, 0.5) is 4.39 Å². The van der Waals surface area contributed by atoms with Crippen LogP contribution in [0.5, 0.6) is 0 Å². The zero-order chi connectivity index (χ0) is 17.1. The minimum Gasteiger partial charge on any atom is -0.337 e. The maximum atomic E-state index is 13.9. The molecular weight excluding hydrogens is 311 g/mol. The summed E-state index contributed by atoms with van der Waals surface area (Å²) in [6, 6.07) is 6.50. The predicted octanol–water partition coefficient (Wildman–Crippen LogP) is 2.57. The van der Waals surface area contributed by atoms with Crippen molar-refractivity contribution in [1.29, 1.82) is 0 Å². The van der Waals surface area contributed by atoms with Crippen LogP contribution < -0.4 is 5.32 Å². The summed E-state index contributed by atoms with van der Waals surface area (Å²) < 4.78 is 19.2. The molecule has 1 aromatic heterocycles. The number of amides is 1. The molecule has 6 nitrogen and oxygen atoms in total. The fourth-order valence-corrected chi connectivity index (χ4v) is 2.77. The van der Waals surface area contributed by atoms with E-state index < -0.39 is 0 Å². The van der Waals surface area contributed by atoms with Crippen LogP contribution in [0.2, 0.25) is 0 Å². The molecule has 0 spiro atoms. The first-order chi connectivity index (χ1) is 11.5. The van der Waals surface area contributed by atoms with E-state index in [-0.39, 0.29) is 24.3 Å². The van der Waals surface area contributed by atoms with Crippen molar-refractivity contribution in [3.63, 3.8) is 0 Å². The Morgan fingerprint density at radius 1 is 1.42 bits per heavy atom. The van der Waals surface area contributed by atoms with E-state index in [9.17, 15) is 9.18 Å². The molecule has 2 heterocycles. The van der Waals surface area contributed by atoms with Gasteiger partial charge in [0.15, 0.2) is 5.82 Å². The van der Waals surface area contributed by atoms with E-state index in [0.717, 1.165) is 0 Å². The van der Waals surface area contributed by atoms with Gasteiger partial charge >= 0.3 is 0 Å². The molecule has 24 heavy (non-hydrogen) atoms. The highest BCUT2D eigenvalue weighted by molar-refractivity contribution is 5.78. The molecule has 1 N–H and O–H groups in total. The zero-order valence-corrected chi connectivity index (χ0v) is 13.8. The first kappa shape index (κ1) is 16.6. The Labute approximate surface area is 140 Å². The van der Waals surface area contributed by atoms with Gasteiger partial charge in [0.25, 0.3) is 0 Å². The highest BCUT2D eigenvalue weighted by atomic mass is 19.1. The molecule has 0 saturated carbocycles. The van der Waals surface area contributed by atoms with Crippen molar-refractivity contribution in [2.75, 3.05) is 0 Å². The first-order valence-corrected chi connectivity index (χ1v) is 8.13. The van der Waals surface area contributed by atoms with Gasteiger partial charge in [-0.1, -0.05) is 37.2 Å². The quantitative estimate of drug-likeness (QED) is 0.880. The monoisotopic (exact) mass is 332 g/mol. The van der Waals surface area contributed by atoms with Gasteiger partial charge in [0.1, 0.15) is 11.9 Å². The van der Waals surface area contributed by atoms with Gasteiger partial charge in [0.05, 0.1) is 6.54 Å². The van der Waals surface area contributed by atoms with Crippen LogP contribution in [0.1, 0.15) is 50.0 Å². The second-order valence-corrected chi connectivity index (χ2v) is 6.25. The Morgan fingerprint density at radius 3 is 2.96 bits per heavy atom. The van der Waals surface area contributed by atoms with E-state index in [1.54, 1.807) is 23.1 Å². The van der Waals surface area contributed by atoms with Crippen molar-refractivity contribution in [1.82, 2.24) is 20.4 Å². The Hall–Kier alpha value is -2.28. The molecule has 1 saturated heterocycles. The van der Waals surface area contributed by atoms with Gasteiger partial charge in [-0.15, -0.1) is 0 Å². The zero-order valence-electron chi connectivity index (χ0n) is 13.8. The van der Waals surface area contributed by atoms with Crippen LogP contribution in [-0.2, 0) is 17.9 Å². The Balaban J connectivity index is 1.74. The summed E-state index contributed by atoms with van der Waals surface area (Å²) >= 11 is 0. The summed E-state index contributed by atoms with van der Waals surface area (Å²) in [6.07, 6.45) is 1.01. The summed E-state index contributed by atoms with van der Waals surface area (Å²) in [5.41, 5.74) is 0.485. The van der Waals surface area contributed by atoms with Crippen molar-refractivity contribution in [2.24, 2.45) is 0 Å². The van der Waals surface area contributed by atoms with E-state index in [1.165, 1.54) is 6.07 Å². The van der Waals surface area contributed by atoms with Crippen LogP contribution in [0.25, 0.3) is 0 Å². The van der Waals surface area contributed by atoms with E-state index in [0.29, 0.717) is 42.7 Å². The van der Waals surface area contributed by atoms with Gasteiger partial charge < -0.3 is 14.7 Å². The molecule has 1 amide bonds. The number of rotatable bonds is 6. The first-order valence-electron chi connectivity index (χ1n) is 8.13. The summed E-state index contributed by atoms with van der Waals surface area (Å²) in [7, 11) is 0. The Bertz CT molecular complexity index is 716. The third-order valence-electron chi connectivity index (χ3n) is 4.06. The fourth-order valence-electron chi connectivity index (χ4n) is 2.77. The number of hydrogen-bond donors (Lipinski definition) is 1. The van der Waals surface area contributed by atoms with Crippen molar-refractivity contribution in [3.05, 3.63) is 47.4 Å². The third kappa shape index (κ3) is 3.62. The molecule has 3 rings (SSSR count). The van der Waals surface area contributed by atoms with E-state index in [4.69, 9.17) is 4.52 Å². The number of carbonyl (C=O) groups is 1. The average molecular weight is 332 g/mol. The smallest absolute Gasteiger partial charge is 0.249 e. The molecule has 0 radical (unpaired) electrons. The molecule has 1 aliphatic heterocycles. The van der Waals surface area contributed by atoms with Crippen LogP contribution in [0.3, 0.4) is 0 Å². The van der Waals surface area contributed by atoms with Gasteiger partial charge in [0, 0.05) is 24.6 Å². The van der Waals surface area contributed by atoms with Crippen LogP contribution in [-0.4, -0.2) is 27.0 Å². The average Bonchev–Trinajstić information content (AvgIpc) is 3.15. The van der Waals surface area contributed by atoms with Gasteiger partial charge in [-0.2, -0.15) is 4.98 Å². The maximum Gasteiger partial charge on any atom is 0.249 e. The fraction of sp³-hybridized carbons (Fsp3) is 0.471. The summed E-state index contributed by atoms with van der Waals surface area (Å²) in [5, 5.41) is 7.17. The lowest BCUT2D eigenvalue weighted by molar-refractivity contribution is -0.130. The standard InChI is InChI=1S/C17H21FN4O2/c1-11(2)19-9-15-20-17(24-21-15)14-7-8-16(23)22(14)10-12-5-3-4-6-13(12)18/h3-6,11,14,19H,7-10H2,1-2H3/t14-/m0/s1. The van der Waals surface area contributed by atoms with Gasteiger partial charge in [-0.3, -0.25) is 4.79 Å². The van der Waals surface area contributed by atoms with Crippen molar-refractivity contribution >= 4 is 5.91 Å². The summed E-state index contributed by atoms with van der Waals surface area (Å²) in [6.45, 7) is 4.78. The number of benzene rings is 1. The molecule has 7 heteroatoms.